The van der Waals surface area contributed by atoms with E-state index in [1.54, 1.807) is 12.4 Å². The first-order valence-electron chi connectivity index (χ1n) is 3.74. The molecule has 1 aromatic heterocycles. The van der Waals surface area contributed by atoms with Gasteiger partial charge in [0.2, 0.25) is 0 Å². The third-order valence-electron chi connectivity index (χ3n) is 1.84. The average Bonchev–Trinajstić information content (AvgIpc) is 2.17. The monoisotopic (exact) mass is 232 g/mol. The Morgan fingerprint density at radius 3 is 2.92 bits per heavy atom. The molecule has 0 aliphatic heterocycles. The number of halogens is 1. The zero-order chi connectivity index (χ0) is 9.26. The average molecular weight is 233 g/mol. The van der Waals surface area contributed by atoms with Crippen molar-refractivity contribution in [3.05, 3.63) is 40.6 Å². The Balaban J connectivity index is 2.89. The zero-order valence-corrected chi connectivity index (χ0v) is 8.25. The predicted octanol–water partition coefficient (Wildman–Crippen LogP) is 2.87. The van der Waals surface area contributed by atoms with Gasteiger partial charge in [-0.2, -0.15) is 5.26 Å². The van der Waals surface area contributed by atoms with Gasteiger partial charge in [-0.15, -0.1) is 0 Å². The van der Waals surface area contributed by atoms with Crippen molar-refractivity contribution >= 4 is 26.7 Å². The number of aromatic nitrogens is 1. The van der Waals surface area contributed by atoms with Crippen molar-refractivity contribution in [2.45, 2.75) is 0 Å². The molecule has 0 bridgehead atoms. The molecule has 2 aromatic rings. The maximum absolute atomic E-state index is 8.82. The third kappa shape index (κ3) is 1.41. The Bertz CT molecular complexity index is 500. The smallest absolute Gasteiger partial charge is 0.101 e. The summed E-state index contributed by atoms with van der Waals surface area (Å²) in [7, 11) is 0. The van der Waals surface area contributed by atoms with Crippen LogP contribution < -0.4 is 0 Å². The van der Waals surface area contributed by atoms with E-state index in [1.807, 2.05) is 18.2 Å². The van der Waals surface area contributed by atoms with E-state index < -0.39 is 0 Å². The fraction of sp³-hybridized carbons (Fsp3) is 0. The van der Waals surface area contributed by atoms with E-state index in [4.69, 9.17) is 5.26 Å². The molecule has 3 heteroatoms. The Kier molecular flexibility index (Phi) is 1.99. The second-order valence-electron chi connectivity index (χ2n) is 2.66. The lowest BCUT2D eigenvalue weighted by Gasteiger charge is -1.98. The number of nitrogens with zero attached hydrogens (tertiary/aromatic N) is 2. The summed E-state index contributed by atoms with van der Waals surface area (Å²) >= 11 is 3.37. The minimum Gasteiger partial charge on any atom is -0.263 e. The summed E-state index contributed by atoms with van der Waals surface area (Å²) in [6.45, 7) is 0. The first-order valence-corrected chi connectivity index (χ1v) is 4.54. The molecule has 0 atom stereocenters. The van der Waals surface area contributed by atoms with Crippen molar-refractivity contribution in [2.75, 3.05) is 0 Å². The van der Waals surface area contributed by atoms with Gasteiger partial charge in [0.15, 0.2) is 0 Å². The molecule has 0 saturated carbocycles. The largest absolute Gasteiger partial charge is 0.263 e. The molecule has 62 valence electrons. The van der Waals surface area contributed by atoms with E-state index in [9.17, 15) is 0 Å². The van der Waals surface area contributed by atoms with E-state index in [2.05, 4.69) is 27.0 Å². The molecule has 0 spiro atoms. The quantitative estimate of drug-likeness (QED) is 0.701. The molecule has 0 aliphatic carbocycles. The van der Waals surface area contributed by atoms with Crippen molar-refractivity contribution in [1.29, 1.82) is 5.26 Å². The lowest BCUT2D eigenvalue weighted by Crippen LogP contribution is -1.81. The highest BCUT2D eigenvalue weighted by Crippen LogP contribution is 2.21. The number of hydrogen-bond donors (Lipinski definition) is 0. The summed E-state index contributed by atoms with van der Waals surface area (Å²) in [6, 6.07) is 7.91. The Morgan fingerprint density at radius 1 is 1.31 bits per heavy atom. The molecule has 1 aromatic carbocycles. The molecule has 0 fully saturated rings. The second kappa shape index (κ2) is 3.15. The van der Waals surface area contributed by atoms with Crippen LogP contribution in [0.5, 0.6) is 0 Å². The molecule has 0 saturated heterocycles. The van der Waals surface area contributed by atoms with E-state index in [0.717, 1.165) is 15.2 Å². The number of pyridine rings is 1. The summed E-state index contributed by atoms with van der Waals surface area (Å²) in [6.07, 6.45) is 3.33. The number of fused-ring (bicyclic) bond motifs is 1. The van der Waals surface area contributed by atoms with Crippen molar-refractivity contribution < 1.29 is 0 Å². The van der Waals surface area contributed by atoms with Gasteiger partial charge < -0.3 is 0 Å². The summed E-state index contributed by atoms with van der Waals surface area (Å²) < 4.78 is 0.975. The molecular formula is C10H5BrN2. The number of rotatable bonds is 0. The number of hydrogen-bond acceptors (Lipinski definition) is 2. The summed E-state index contributed by atoms with van der Waals surface area (Å²) in [5.74, 6) is 0. The molecule has 1 heterocycles. The summed E-state index contributed by atoms with van der Waals surface area (Å²) in [4.78, 5) is 3.98. The lowest BCUT2D eigenvalue weighted by molar-refractivity contribution is 1.34. The van der Waals surface area contributed by atoms with E-state index in [1.165, 1.54) is 0 Å². The van der Waals surface area contributed by atoms with Gasteiger partial charge in [-0.25, -0.2) is 0 Å². The molecule has 0 radical (unpaired) electrons. The Hall–Kier alpha value is -1.40. The van der Waals surface area contributed by atoms with Gasteiger partial charge in [0.1, 0.15) is 6.07 Å². The van der Waals surface area contributed by atoms with Gasteiger partial charge in [0.05, 0.1) is 5.56 Å². The van der Waals surface area contributed by atoms with Crippen LogP contribution in [0.1, 0.15) is 5.56 Å². The van der Waals surface area contributed by atoms with E-state index in [0.29, 0.717) is 5.56 Å². The van der Waals surface area contributed by atoms with Gasteiger partial charge in [-0.3, -0.25) is 4.98 Å². The van der Waals surface area contributed by atoms with E-state index in [-0.39, 0.29) is 0 Å². The van der Waals surface area contributed by atoms with Crippen LogP contribution in [-0.2, 0) is 0 Å². The van der Waals surface area contributed by atoms with Gasteiger partial charge in [0.25, 0.3) is 0 Å². The van der Waals surface area contributed by atoms with Crippen LogP contribution in [0.3, 0.4) is 0 Å². The van der Waals surface area contributed by atoms with Gasteiger partial charge in [-0.1, -0.05) is 22.0 Å². The molecule has 0 N–H and O–H groups in total. The minimum absolute atomic E-state index is 0.610. The summed E-state index contributed by atoms with van der Waals surface area (Å²) in [5.41, 5.74) is 0.610. The van der Waals surface area contributed by atoms with Crippen LogP contribution in [0.4, 0.5) is 0 Å². The van der Waals surface area contributed by atoms with Crippen molar-refractivity contribution in [3.63, 3.8) is 0 Å². The van der Waals surface area contributed by atoms with Crippen LogP contribution in [0.2, 0.25) is 0 Å². The molecular weight excluding hydrogens is 228 g/mol. The standard InChI is InChI=1S/C10H5BrN2/c11-9-2-1-7-5-13-6-8(4-12)10(7)3-9/h1-3,5-6H. The van der Waals surface area contributed by atoms with Gasteiger partial charge >= 0.3 is 0 Å². The topological polar surface area (TPSA) is 36.7 Å². The maximum atomic E-state index is 8.82. The second-order valence-corrected chi connectivity index (χ2v) is 3.58. The van der Waals surface area contributed by atoms with Crippen molar-refractivity contribution in [3.8, 4) is 6.07 Å². The third-order valence-corrected chi connectivity index (χ3v) is 2.34. The highest BCUT2D eigenvalue weighted by molar-refractivity contribution is 9.10. The fourth-order valence-corrected chi connectivity index (χ4v) is 1.59. The van der Waals surface area contributed by atoms with Gasteiger partial charge in [-0.05, 0) is 12.1 Å². The van der Waals surface area contributed by atoms with Crippen LogP contribution in [0, 0.1) is 11.3 Å². The molecule has 13 heavy (non-hydrogen) atoms. The van der Waals surface area contributed by atoms with Gasteiger partial charge in [0, 0.05) is 27.6 Å². The Labute approximate surface area is 84.0 Å². The molecule has 0 unspecified atom stereocenters. The van der Waals surface area contributed by atoms with Crippen molar-refractivity contribution in [1.82, 2.24) is 4.98 Å². The van der Waals surface area contributed by atoms with Crippen LogP contribution in [-0.4, -0.2) is 4.98 Å². The first-order chi connectivity index (χ1) is 6.31. The minimum atomic E-state index is 0.610. The molecule has 0 amide bonds. The predicted molar refractivity (Wildman–Crippen MR) is 54.2 cm³/mol. The van der Waals surface area contributed by atoms with E-state index >= 15 is 0 Å². The maximum Gasteiger partial charge on any atom is 0.101 e. The highest BCUT2D eigenvalue weighted by Gasteiger charge is 2.00. The van der Waals surface area contributed by atoms with Crippen molar-refractivity contribution in [2.24, 2.45) is 0 Å². The lowest BCUT2D eigenvalue weighted by atomic mass is 10.1. The molecule has 0 aliphatic rings. The molecule has 2 rings (SSSR count). The number of benzene rings is 1. The first kappa shape index (κ1) is 8.21. The normalized spacial score (nSPS) is 9.85. The van der Waals surface area contributed by atoms with Crippen LogP contribution in [0.15, 0.2) is 35.1 Å². The van der Waals surface area contributed by atoms with Crippen LogP contribution in [0.25, 0.3) is 10.8 Å². The van der Waals surface area contributed by atoms with Crippen LogP contribution >= 0.6 is 15.9 Å². The highest BCUT2D eigenvalue weighted by atomic mass is 79.9. The number of nitriles is 1. The zero-order valence-electron chi connectivity index (χ0n) is 6.66. The SMILES string of the molecule is N#Cc1cncc2ccc(Br)cc12. The summed E-state index contributed by atoms with van der Waals surface area (Å²) in [5, 5.41) is 10.7. The molecule has 2 nitrogen and oxygen atoms in total. The Morgan fingerprint density at radius 2 is 2.15 bits per heavy atom. The fourth-order valence-electron chi connectivity index (χ4n) is 1.23.